The zero-order chi connectivity index (χ0) is 13.8. The molecule has 1 N–H and O–H groups in total. The molecule has 102 valence electrons. The van der Waals surface area contributed by atoms with Crippen molar-refractivity contribution in [1.29, 1.82) is 0 Å². The average molecular weight is 258 g/mol. The van der Waals surface area contributed by atoms with Crippen molar-refractivity contribution < 1.29 is 0 Å². The van der Waals surface area contributed by atoms with Gasteiger partial charge in [-0.25, -0.2) is 0 Å². The third-order valence-electron chi connectivity index (χ3n) is 3.26. The number of aromatic nitrogens is 3. The molecule has 0 saturated heterocycles. The number of rotatable bonds is 5. The van der Waals surface area contributed by atoms with Crippen molar-refractivity contribution in [2.45, 2.75) is 33.2 Å². The van der Waals surface area contributed by atoms with E-state index in [1.54, 1.807) is 0 Å². The molecule has 4 heteroatoms. The van der Waals surface area contributed by atoms with E-state index in [1.807, 2.05) is 24.1 Å². The molecule has 2 aromatic rings. The van der Waals surface area contributed by atoms with Crippen LogP contribution in [0.1, 0.15) is 42.4 Å². The Morgan fingerprint density at radius 3 is 2.63 bits per heavy atom. The van der Waals surface area contributed by atoms with Crippen LogP contribution in [0.2, 0.25) is 0 Å². The molecule has 0 spiro atoms. The van der Waals surface area contributed by atoms with E-state index in [1.165, 1.54) is 16.8 Å². The SMILES string of the molecule is CCNC(c1cncc(C)c1)c1cc(CC)nn1C. The Labute approximate surface area is 114 Å². The van der Waals surface area contributed by atoms with Crippen LogP contribution >= 0.6 is 0 Å². The third kappa shape index (κ3) is 3.01. The zero-order valence-corrected chi connectivity index (χ0v) is 12.1. The van der Waals surface area contributed by atoms with E-state index in [-0.39, 0.29) is 6.04 Å². The highest BCUT2D eigenvalue weighted by Crippen LogP contribution is 2.22. The average Bonchev–Trinajstić information content (AvgIpc) is 2.77. The molecule has 0 saturated carbocycles. The normalized spacial score (nSPS) is 12.6. The van der Waals surface area contributed by atoms with Crippen molar-refractivity contribution in [1.82, 2.24) is 20.1 Å². The van der Waals surface area contributed by atoms with Crippen molar-refractivity contribution in [3.05, 3.63) is 47.0 Å². The summed E-state index contributed by atoms with van der Waals surface area (Å²) in [6.07, 6.45) is 4.77. The predicted molar refractivity (Wildman–Crippen MR) is 77.1 cm³/mol. The van der Waals surface area contributed by atoms with Crippen molar-refractivity contribution >= 4 is 0 Å². The fraction of sp³-hybridized carbons (Fsp3) is 0.467. The lowest BCUT2D eigenvalue weighted by molar-refractivity contribution is 0.570. The van der Waals surface area contributed by atoms with Gasteiger partial charge in [-0.1, -0.05) is 19.9 Å². The molecule has 19 heavy (non-hydrogen) atoms. The smallest absolute Gasteiger partial charge is 0.0763 e. The van der Waals surface area contributed by atoms with Gasteiger partial charge in [-0.3, -0.25) is 9.67 Å². The molecule has 4 nitrogen and oxygen atoms in total. The molecule has 0 radical (unpaired) electrons. The van der Waals surface area contributed by atoms with Gasteiger partial charge in [0.2, 0.25) is 0 Å². The van der Waals surface area contributed by atoms with Gasteiger partial charge in [-0.05, 0) is 37.1 Å². The van der Waals surface area contributed by atoms with Gasteiger partial charge < -0.3 is 5.32 Å². The van der Waals surface area contributed by atoms with E-state index in [0.717, 1.165) is 18.7 Å². The number of hydrogen-bond acceptors (Lipinski definition) is 3. The molecule has 1 atom stereocenters. The van der Waals surface area contributed by atoms with Gasteiger partial charge in [-0.2, -0.15) is 5.10 Å². The van der Waals surface area contributed by atoms with E-state index in [0.29, 0.717) is 0 Å². The summed E-state index contributed by atoms with van der Waals surface area (Å²) < 4.78 is 1.97. The van der Waals surface area contributed by atoms with Crippen LogP contribution in [0.25, 0.3) is 0 Å². The highest BCUT2D eigenvalue weighted by molar-refractivity contribution is 5.29. The van der Waals surface area contributed by atoms with Crippen molar-refractivity contribution in [2.24, 2.45) is 7.05 Å². The Morgan fingerprint density at radius 2 is 2.05 bits per heavy atom. The number of nitrogens with one attached hydrogen (secondary N) is 1. The van der Waals surface area contributed by atoms with Gasteiger partial charge in [0.1, 0.15) is 0 Å². The van der Waals surface area contributed by atoms with Gasteiger partial charge in [0.15, 0.2) is 0 Å². The highest BCUT2D eigenvalue weighted by atomic mass is 15.3. The maximum Gasteiger partial charge on any atom is 0.0763 e. The minimum atomic E-state index is 0.148. The molecule has 2 aromatic heterocycles. The molecule has 1 unspecified atom stereocenters. The molecule has 0 bridgehead atoms. The second-order valence-corrected chi connectivity index (χ2v) is 4.82. The first-order valence-corrected chi connectivity index (χ1v) is 6.83. The Bertz CT molecular complexity index is 545. The molecule has 0 aliphatic rings. The van der Waals surface area contributed by atoms with Crippen LogP contribution in [-0.4, -0.2) is 21.3 Å². The first-order chi connectivity index (χ1) is 9.15. The van der Waals surface area contributed by atoms with Crippen LogP contribution in [0.5, 0.6) is 0 Å². The lowest BCUT2D eigenvalue weighted by atomic mass is 10.0. The van der Waals surface area contributed by atoms with Gasteiger partial charge >= 0.3 is 0 Å². The summed E-state index contributed by atoms with van der Waals surface area (Å²) in [5, 5.41) is 8.06. The van der Waals surface area contributed by atoms with Crippen LogP contribution in [0, 0.1) is 6.92 Å². The number of nitrogens with zero attached hydrogens (tertiary/aromatic N) is 3. The minimum Gasteiger partial charge on any atom is -0.305 e. The third-order valence-corrected chi connectivity index (χ3v) is 3.26. The van der Waals surface area contributed by atoms with Gasteiger partial charge in [-0.15, -0.1) is 0 Å². The minimum absolute atomic E-state index is 0.148. The van der Waals surface area contributed by atoms with Crippen molar-refractivity contribution in [3.63, 3.8) is 0 Å². The standard InChI is InChI=1S/C15H22N4/c1-5-13-8-14(19(4)18-13)15(17-6-2)12-7-11(3)9-16-10-12/h7-10,15,17H,5-6H2,1-4H3. The topological polar surface area (TPSA) is 42.7 Å². The molecule has 0 amide bonds. The van der Waals surface area contributed by atoms with Gasteiger partial charge in [0.05, 0.1) is 17.4 Å². The van der Waals surface area contributed by atoms with E-state index in [9.17, 15) is 0 Å². The summed E-state index contributed by atoms with van der Waals surface area (Å²) >= 11 is 0. The van der Waals surface area contributed by atoms with Crippen molar-refractivity contribution in [3.8, 4) is 0 Å². The predicted octanol–water partition coefficient (Wildman–Crippen LogP) is 2.38. The lowest BCUT2D eigenvalue weighted by Gasteiger charge is -2.18. The number of aryl methyl sites for hydroxylation is 3. The number of pyridine rings is 1. The molecule has 0 aromatic carbocycles. The van der Waals surface area contributed by atoms with Crippen LogP contribution < -0.4 is 5.32 Å². The Balaban J connectivity index is 2.41. The summed E-state index contributed by atoms with van der Waals surface area (Å²) in [6, 6.07) is 4.50. The summed E-state index contributed by atoms with van der Waals surface area (Å²) in [7, 11) is 2.00. The molecule has 0 aliphatic carbocycles. The maximum absolute atomic E-state index is 4.54. The highest BCUT2D eigenvalue weighted by Gasteiger charge is 2.18. The van der Waals surface area contributed by atoms with Crippen molar-refractivity contribution in [2.75, 3.05) is 6.54 Å². The van der Waals surface area contributed by atoms with Crippen LogP contribution in [0.15, 0.2) is 24.5 Å². The Kier molecular flexibility index (Phi) is 4.32. The zero-order valence-electron chi connectivity index (χ0n) is 12.1. The van der Waals surface area contributed by atoms with Gasteiger partial charge in [0.25, 0.3) is 0 Å². The van der Waals surface area contributed by atoms with Crippen LogP contribution in [0.3, 0.4) is 0 Å². The Morgan fingerprint density at radius 1 is 1.26 bits per heavy atom. The lowest BCUT2D eigenvalue weighted by Crippen LogP contribution is -2.24. The van der Waals surface area contributed by atoms with Gasteiger partial charge in [0, 0.05) is 19.4 Å². The second kappa shape index (κ2) is 5.97. The van der Waals surface area contributed by atoms with Crippen LogP contribution in [-0.2, 0) is 13.5 Å². The fourth-order valence-electron chi connectivity index (χ4n) is 2.32. The molecular weight excluding hydrogens is 236 g/mol. The molecular formula is C15H22N4. The maximum atomic E-state index is 4.54. The first kappa shape index (κ1) is 13.7. The molecule has 0 aliphatic heterocycles. The van der Waals surface area contributed by atoms with E-state index in [4.69, 9.17) is 0 Å². The second-order valence-electron chi connectivity index (χ2n) is 4.82. The van der Waals surface area contributed by atoms with E-state index < -0.39 is 0 Å². The van der Waals surface area contributed by atoms with Crippen LogP contribution in [0.4, 0.5) is 0 Å². The molecule has 2 rings (SSSR count). The monoisotopic (exact) mass is 258 g/mol. The summed E-state index contributed by atoms with van der Waals surface area (Å²) in [6.45, 7) is 7.22. The molecule has 2 heterocycles. The largest absolute Gasteiger partial charge is 0.305 e. The first-order valence-electron chi connectivity index (χ1n) is 6.83. The summed E-state index contributed by atoms with van der Waals surface area (Å²) in [5.41, 5.74) is 4.68. The van der Waals surface area contributed by atoms with E-state index in [2.05, 4.69) is 48.3 Å². The van der Waals surface area contributed by atoms with E-state index >= 15 is 0 Å². The molecule has 0 fully saturated rings. The Hall–Kier alpha value is -1.68. The quantitative estimate of drug-likeness (QED) is 0.895. The fourth-order valence-corrected chi connectivity index (χ4v) is 2.32. The summed E-state index contributed by atoms with van der Waals surface area (Å²) in [4.78, 5) is 4.30. The number of hydrogen-bond donors (Lipinski definition) is 1. The summed E-state index contributed by atoms with van der Waals surface area (Å²) in [5.74, 6) is 0.